The molecule has 1 saturated heterocycles. The van der Waals surface area contributed by atoms with Gasteiger partial charge in [0, 0.05) is 24.6 Å². The van der Waals surface area contributed by atoms with Crippen molar-refractivity contribution in [3.63, 3.8) is 0 Å². The fraction of sp³-hybridized carbons (Fsp3) is 0.542. The quantitative estimate of drug-likeness (QED) is 0.205. The number of hydrogen-bond acceptors (Lipinski definition) is 6. The van der Waals surface area contributed by atoms with Crippen LogP contribution in [-0.2, 0) is 14.4 Å². The van der Waals surface area contributed by atoms with Crippen LogP contribution in [0.5, 0.6) is 0 Å². The van der Waals surface area contributed by atoms with Gasteiger partial charge in [-0.2, -0.15) is 0 Å². The highest BCUT2D eigenvalue weighted by Crippen LogP contribution is 2.17. The topological polar surface area (TPSA) is 154 Å². The summed E-state index contributed by atoms with van der Waals surface area (Å²) in [5, 5.41) is 19.6. The van der Waals surface area contributed by atoms with Gasteiger partial charge < -0.3 is 31.2 Å². The van der Waals surface area contributed by atoms with Gasteiger partial charge in [0.05, 0.1) is 12.1 Å². The smallest absolute Gasteiger partial charge is 0.405 e. The highest BCUT2D eigenvalue weighted by molar-refractivity contribution is 6.01. The van der Waals surface area contributed by atoms with Gasteiger partial charge in [0.2, 0.25) is 11.8 Å². The van der Waals surface area contributed by atoms with Gasteiger partial charge in [-0.3, -0.25) is 14.4 Å². The third kappa shape index (κ3) is 9.08. The van der Waals surface area contributed by atoms with Crippen molar-refractivity contribution in [3.05, 3.63) is 35.6 Å². The van der Waals surface area contributed by atoms with E-state index in [1.54, 1.807) is 0 Å². The van der Waals surface area contributed by atoms with E-state index in [2.05, 4.69) is 21.3 Å². The zero-order chi connectivity index (χ0) is 26.0. The number of nitrogens with one attached hydrogen (secondary N) is 4. The van der Waals surface area contributed by atoms with Gasteiger partial charge in [0.1, 0.15) is 18.1 Å². The van der Waals surface area contributed by atoms with Crippen LogP contribution in [0.2, 0.25) is 0 Å². The molecule has 1 aliphatic rings. The number of halogens is 1. The summed E-state index contributed by atoms with van der Waals surface area (Å²) in [4.78, 5) is 60.7. The van der Waals surface area contributed by atoms with Gasteiger partial charge >= 0.3 is 6.09 Å². The summed E-state index contributed by atoms with van der Waals surface area (Å²) in [6.07, 6.45) is 1.14. The Morgan fingerprint density at radius 3 is 2.43 bits per heavy atom. The Bertz CT molecular complexity index is 908. The van der Waals surface area contributed by atoms with E-state index in [-0.39, 0.29) is 36.3 Å². The lowest BCUT2D eigenvalue weighted by Crippen LogP contribution is -2.54. The van der Waals surface area contributed by atoms with E-state index >= 15 is 0 Å². The molecule has 192 valence electrons. The molecule has 35 heavy (non-hydrogen) atoms. The van der Waals surface area contributed by atoms with Crippen molar-refractivity contribution in [1.29, 1.82) is 0 Å². The van der Waals surface area contributed by atoms with Gasteiger partial charge in [-0.05, 0) is 55.9 Å². The van der Waals surface area contributed by atoms with Crippen LogP contribution in [0.4, 0.5) is 9.18 Å². The number of carboxylic acid groups (broad SMARTS) is 1. The zero-order valence-corrected chi connectivity index (χ0v) is 19.9. The second-order valence-corrected chi connectivity index (χ2v) is 9.08. The lowest BCUT2D eigenvalue weighted by molar-refractivity contribution is -0.129. The molecule has 0 aromatic heterocycles. The number of carbonyl (C=O) groups excluding carboxylic acids is 4. The predicted molar refractivity (Wildman–Crippen MR) is 125 cm³/mol. The molecule has 3 amide bonds. The van der Waals surface area contributed by atoms with Gasteiger partial charge in [-0.1, -0.05) is 13.8 Å². The molecule has 1 heterocycles. The zero-order valence-electron chi connectivity index (χ0n) is 19.9. The normalized spacial score (nSPS) is 18.2. The average Bonchev–Trinajstić information content (AvgIpc) is 2.81. The van der Waals surface area contributed by atoms with Crippen LogP contribution in [0.1, 0.15) is 49.9 Å². The van der Waals surface area contributed by atoms with Crippen LogP contribution in [0.3, 0.4) is 0 Å². The first-order chi connectivity index (χ1) is 16.6. The third-order valence-corrected chi connectivity index (χ3v) is 5.76. The minimum Gasteiger partial charge on any atom is -0.465 e. The molecule has 1 aliphatic heterocycles. The van der Waals surface area contributed by atoms with E-state index in [1.807, 2.05) is 13.8 Å². The summed E-state index contributed by atoms with van der Waals surface area (Å²) < 4.78 is 13.2. The highest BCUT2D eigenvalue weighted by Gasteiger charge is 2.29. The molecule has 1 aromatic rings. The van der Waals surface area contributed by atoms with Crippen molar-refractivity contribution in [2.75, 3.05) is 13.1 Å². The molecule has 4 atom stereocenters. The van der Waals surface area contributed by atoms with Crippen LogP contribution in [0.25, 0.3) is 0 Å². The largest absolute Gasteiger partial charge is 0.465 e. The number of aldehydes is 1. The third-order valence-electron chi connectivity index (χ3n) is 5.76. The average molecular weight is 493 g/mol. The number of Topliss-reactive ketones (excluding diaryl/α,β-unsaturated/α-hetero) is 1. The van der Waals surface area contributed by atoms with Gasteiger partial charge in [-0.25, -0.2) is 9.18 Å². The Hall–Kier alpha value is -3.34. The number of ketones is 1. The lowest BCUT2D eigenvalue weighted by atomic mass is 9.91. The van der Waals surface area contributed by atoms with Gasteiger partial charge in [0.15, 0.2) is 5.78 Å². The number of piperidine rings is 1. The predicted octanol–water partition coefficient (Wildman–Crippen LogP) is 1.25. The molecule has 0 spiro atoms. The molecule has 0 saturated carbocycles. The summed E-state index contributed by atoms with van der Waals surface area (Å²) >= 11 is 0. The molecule has 0 radical (unpaired) electrons. The number of rotatable bonds is 13. The van der Waals surface area contributed by atoms with Crippen molar-refractivity contribution in [2.24, 2.45) is 11.8 Å². The fourth-order valence-electron chi connectivity index (χ4n) is 3.99. The maximum Gasteiger partial charge on any atom is 0.405 e. The summed E-state index contributed by atoms with van der Waals surface area (Å²) in [6.45, 7) is 4.17. The Morgan fingerprint density at radius 2 is 1.86 bits per heavy atom. The lowest BCUT2D eigenvalue weighted by Gasteiger charge is -2.27. The summed E-state index contributed by atoms with van der Waals surface area (Å²) in [5.74, 6) is -2.06. The van der Waals surface area contributed by atoms with Crippen LogP contribution in [-0.4, -0.2) is 66.3 Å². The van der Waals surface area contributed by atoms with Crippen molar-refractivity contribution in [1.82, 2.24) is 21.3 Å². The molecule has 1 fully saturated rings. The molecule has 11 heteroatoms. The Balaban J connectivity index is 2.07. The van der Waals surface area contributed by atoms with E-state index in [1.165, 1.54) is 12.1 Å². The molecule has 2 rings (SSSR count). The van der Waals surface area contributed by atoms with E-state index < -0.39 is 41.7 Å². The van der Waals surface area contributed by atoms with Crippen LogP contribution in [0.15, 0.2) is 24.3 Å². The number of benzene rings is 1. The van der Waals surface area contributed by atoms with E-state index in [0.717, 1.165) is 18.6 Å². The van der Waals surface area contributed by atoms with Crippen LogP contribution < -0.4 is 21.3 Å². The van der Waals surface area contributed by atoms with Crippen molar-refractivity contribution < 1.29 is 33.5 Å². The number of amides is 3. The molecular formula is C24H33FN4O6. The first-order valence-corrected chi connectivity index (χ1v) is 11.7. The van der Waals surface area contributed by atoms with Crippen LogP contribution in [0, 0.1) is 17.7 Å². The minimum atomic E-state index is -1.43. The Labute approximate surface area is 203 Å². The standard InChI is InChI=1S/C24H33FN4O6/c1-14(2)10-19(23(33)28-18(13-30)11-16-4-3-9-26-22(16)32)27-12-20(29-24(34)35)21(31)15-5-7-17(25)8-6-15/h5-8,13-14,16,18-20,27,29H,3-4,9-12H2,1-2H3,(H,26,32)(H,28,33)(H,34,35)/t16-,18-,19-,20-/m0/s1. The fourth-order valence-corrected chi connectivity index (χ4v) is 3.99. The first kappa shape index (κ1) is 27.9. The SMILES string of the molecule is CC(C)C[C@H](NC[C@H](NC(=O)O)C(=O)c1ccc(F)cc1)C(=O)N[C@H](C=O)C[C@@H]1CCCNC1=O. The van der Waals surface area contributed by atoms with E-state index in [4.69, 9.17) is 5.11 Å². The Kier molecular flexibility index (Phi) is 10.8. The molecule has 0 unspecified atom stereocenters. The van der Waals surface area contributed by atoms with Crippen LogP contribution >= 0.6 is 0 Å². The molecule has 0 bridgehead atoms. The molecular weight excluding hydrogens is 459 g/mol. The molecule has 1 aromatic carbocycles. The van der Waals surface area contributed by atoms with Crippen molar-refractivity contribution in [2.45, 2.75) is 57.7 Å². The monoisotopic (exact) mass is 492 g/mol. The first-order valence-electron chi connectivity index (χ1n) is 11.7. The van der Waals surface area contributed by atoms with Gasteiger partial charge in [-0.15, -0.1) is 0 Å². The maximum atomic E-state index is 13.2. The summed E-state index contributed by atoms with van der Waals surface area (Å²) in [5.41, 5.74) is 0.114. The van der Waals surface area contributed by atoms with E-state index in [0.29, 0.717) is 25.7 Å². The number of carbonyl (C=O) groups is 5. The number of hydrogen-bond donors (Lipinski definition) is 5. The molecule has 10 nitrogen and oxygen atoms in total. The van der Waals surface area contributed by atoms with E-state index in [9.17, 15) is 28.4 Å². The minimum absolute atomic E-state index is 0.0655. The second-order valence-electron chi connectivity index (χ2n) is 9.08. The molecule has 0 aliphatic carbocycles. The van der Waals surface area contributed by atoms with Crippen molar-refractivity contribution >= 4 is 30.0 Å². The summed E-state index contributed by atoms with van der Waals surface area (Å²) in [6, 6.07) is 1.79. The molecule has 5 N–H and O–H groups in total. The maximum absolute atomic E-state index is 13.2. The van der Waals surface area contributed by atoms with Gasteiger partial charge in [0.25, 0.3) is 0 Å². The second kappa shape index (κ2) is 13.5. The van der Waals surface area contributed by atoms with Crippen molar-refractivity contribution in [3.8, 4) is 0 Å². The highest BCUT2D eigenvalue weighted by atomic mass is 19.1. The Morgan fingerprint density at radius 1 is 1.17 bits per heavy atom. The summed E-state index contributed by atoms with van der Waals surface area (Å²) in [7, 11) is 0.